The molecule has 0 aliphatic rings. The van der Waals surface area contributed by atoms with E-state index in [0.717, 1.165) is 10.4 Å². The monoisotopic (exact) mass is 412 g/mol. The van der Waals surface area contributed by atoms with E-state index >= 15 is 0 Å². The van der Waals surface area contributed by atoms with Gasteiger partial charge in [-0.1, -0.05) is 11.6 Å². The van der Waals surface area contributed by atoms with Gasteiger partial charge in [0.2, 0.25) is 10.0 Å². The first-order chi connectivity index (χ1) is 12.6. The van der Waals surface area contributed by atoms with E-state index in [9.17, 15) is 18.0 Å². The summed E-state index contributed by atoms with van der Waals surface area (Å²) in [5.74, 6) is -1.57. The Kier molecular flexibility index (Phi) is 6.09. The van der Waals surface area contributed by atoms with Gasteiger partial charge in [-0.2, -0.15) is 0 Å². The van der Waals surface area contributed by atoms with Crippen molar-refractivity contribution in [2.45, 2.75) is 4.90 Å². The van der Waals surface area contributed by atoms with Crippen molar-refractivity contribution in [3.8, 4) is 11.5 Å². The number of hydrogen-bond acceptors (Lipinski definition) is 6. The van der Waals surface area contributed by atoms with Gasteiger partial charge in [0.25, 0.3) is 5.91 Å². The molecular formula is C17H17ClN2O6S. The lowest BCUT2D eigenvalue weighted by Crippen LogP contribution is -2.23. The van der Waals surface area contributed by atoms with Crippen LogP contribution in [0.3, 0.4) is 0 Å². The zero-order valence-electron chi connectivity index (χ0n) is 14.7. The third-order valence-electron chi connectivity index (χ3n) is 3.59. The van der Waals surface area contributed by atoms with Gasteiger partial charge < -0.3 is 15.2 Å². The molecule has 144 valence electrons. The van der Waals surface area contributed by atoms with Crippen molar-refractivity contribution in [1.82, 2.24) is 4.31 Å². The van der Waals surface area contributed by atoms with Gasteiger partial charge >= 0.3 is 5.97 Å². The normalized spacial score (nSPS) is 11.3. The number of carbonyl (C=O) groups is 2. The average Bonchev–Trinajstić information content (AvgIpc) is 2.61. The Balaban J connectivity index is 2.47. The van der Waals surface area contributed by atoms with Crippen LogP contribution in [0.5, 0.6) is 11.5 Å². The predicted molar refractivity (Wildman–Crippen MR) is 98.8 cm³/mol. The number of rotatable bonds is 6. The van der Waals surface area contributed by atoms with E-state index in [1.807, 2.05) is 0 Å². The molecule has 0 saturated heterocycles. The maximum atomic E-state index is 12.6. The molecule has 2 N–H and O–H groups in total. The third-order valence-corrected chi connectivity index (χ3v) is 5.73. The Morgan fingerprint density at radius 1 is 1.07 bits per heavy atom. The third kappa shape index (κ3) is 4.38. The van der Waals surface area contributed by atoms with Crippen molar-refractivity contribution in [3.05, 3.63) is 52.5 Å². The molecule has 2 aromatic carbocycles. The van der Waals surface area contributed by atoms with Crippen LogP contribution in [-0.2, 0) is 10.0 Å². The number of carbonyl (C=O) groups excluding carboxylic acids is 2. The molecule has 8 nitrogen and oxygen atoms in total. The summed E-state index contributed by atoms with van der Waals surface area (Å²) in [6.07, 6.45) is 0. The largest absolute Gasteiger partial charge is 0.497 e. The van der Waals surface area contributed by atoms with Gasteiger partial charge in [0.1, 0.15) is 11.5 Å². The molecule has 1 amide bonds. The van der Waals surface area contributed by atoms with Crippen LogP contribution < -0.4 is 15.2 Å². The van der Waals surface area contributed by atoms with Gasteiger partial charge in [-0.3, -0.25) is 4.79 Å². The zero-order chi connectivity index (χ0) is 20.4. The van der Waals surface area contributed by atoms with Crippen LogP contribution in [0.1, 0.15) is 20.7 Å². The minimum atomic E-state index is -3.78. The standard InChI is InChI=1S/C17H17ClN2O6S/c1-20(2)27(23,24)11-5-7-14(18)13(9-11)17(22)26-15-8-10(25-3)4-6-12(15)16(19)21/h4-9H,1-3H3,(H2,19,21). The second kappa shape index (κ2) is 7.95. The molecule has 0 bridgehead atoms. The topological polar surface area (TPSA) is 116 Å². The molecule has 2 rings (SSSR count). The molecule has 0 radical (unpaired) electrons. The Morgan fingerprint density at radius 3 is 2.30 bits per heavy atom. The number of ether oxygens (including phenoxy) is 2. The number of esters is 1. The quantitative estimate of drug-likeness (QED) is 0.572. The highest BCUT2D eigenvalue weighted by Crippen LogP contribution is 2.28. The predicted octanol–water partition coefficient (Wildman–Crippen LogP) is 1.92. The van der Waals surface area contributed by atoms with Crippen molar-refractivity contribution < 1.29 is 27.5 Å². The number of nitrogens with zero attached hydrogens (tertiary/aromatic N) is 1. The first-order valence-electron chi connectivity index (χ1n) is 7.50. The SMILES string of the molecule is COc1ccc(C(N)=O)c(OC(=O)c2cc(S(=O)(=O)N(C)C)ccc2Cl)c1. The molecule has 0 saturated carbocycles. The minimum absolute atomic E-state index is 0.0128. The van der Waals surface area contributed by atoms with E-state index in [2.05, 4.69) is 0 Å². The fourth-order valence-corrected chi connectivity index (χ4v) is 3.23. The van der Waals surface area contributed by atoms with E-state index in [0.29, 0.717) is 5.75 Å². The smallest absolute Gasteiger partial charge is 0.345 e. The Bertz CT molecular complexity index is 1000. The van der Waals surface area contributed by atoms with Crippen LogP contribution in [0, 0.1) is 0 Å². The van der Waals surface area contributed by atoms with Crippen LogP contribution >= 0.6 is 11.6 Å². The van der Waals surface area contributed by atoms with E-state index in [4.69, 9.17) is 26.8 Å². The van der Waals surface area contributed by atoms with Crippen molar-refractivity contribution in [3.63, 3.8) is 0 Å². The Morgan fingerprint density at radius 2 is 1.74 bits per heavy atom. The second-order valence-corrected chi connectivity index (χ2v) is 8.10. The van der Waals surface area contributed by atoms with Gasteiger partial charge in [0, 0.05) is 20.2 Å². The van der Waals surface area contributed by atoms with Crippen molar-refractivity contribution >= 4 is 33.5 Å². The first-order valence-corrected chi connectivity index (χ1v) is 9.32. The van der Waals surface area contributed by atoms with E-state index in [1.165, 1.54) is 51.5 Å². The lowest BCUT2D eigenvalue weighted by atomic mass is 10.1. The highest BCUT2D eigenvalue weighted by atomic mass is 35.5. The zero-order valence-corrected chi connectivity index (χ0v) is 16.3. The minimum Gasteiger partial charge on any atom is -0.497 e. The van der Waals surface area contributed by atoms with Crippen molar-refractivity contribution in [2.24, 2.45) is 5.73 Å². The molecule has 0 aromatic heterocycles. The summed E-state index contributed by atoms with van der Waals surface area (Å²) in [6.45, 7) is 0. The van der Waals surface area contributed by atoms with E-state index in [-0.39, 0.29) is 26.8 Å². The van der Waals surface area contributed by atoms with Crippen LogP contribution in [0.2, 0.25) is 5.02 Å². The second-order valence-electron chi connectivity index (χ2n) is 5.54. The molecule has 0 aliphatic carbocycles. The number of amides is 1. The summed E-state index contributed by atoms with van der Waals surface area (Å²) in [7, 11) is 0.335. The van der Waals surface area contributed by atoms with Crippen molar-refractivity contribution in [1.29, 1.82) is 0 Å². The van der Waals surface area contributed by atoms with Gasteiger partial charge in [0.15, 0.2) is 0 Å². The molecular weight excluding hydrogens is 396 g/mol. The van der Waals surface area contributed by atoms with Gasteiger partial charge in [-0.15, -0.1) is 0 Å². The summed E-state index contributed by atoms with van der Waals surface area (Å²) in [5, 5.41) is -0.0128. The van der Waals surface area contributed by atoms with E-state index < -0.39 is 21.9 Å². The summed E-state index contributed by atoms with van der Waals surface area (Å²) in [6, 6.07) is 7.79. The lowest BCUT2D eigenvalue weighted by Gasteiger charge is -2.14. The first kappa shape index (κ1) is 20.7. The summed E-state index contributed by atoms with van der Waals surface area (Å²) in [5.41, 5.74) is 5.06. The number of benzene rings is 2. The highest BCUT2D eigenvalue weighted by Gasteiger charge is 2.23. The highest BCUT2D eigenvalue weighted by molar-refractivity contribution is 7.89. The van der Waals surface area contributed by atoms with Gasteiger partial charge in [-0.25, -0.2) is 17.5 Å². The van der Waals surface area contributed by atoms with Crippen LogP contribution in [0.4, 0.5) is 0 Å². The molecule has 0 aliphatic heterocycles. The molecule has 0 fully saturated rings. The Hall–Kier alpha value is -2.62. The average molecular weight is 413 g/mol. The lowest BCUT2D eigenvalue weighted by molar-refractivity contribution is 0.0732. The Labute approximate surface area is 161 Å². The molecule has 10 heteroatoms. The van der Waals surface area contributed by atoms with Gasteiger partial charge in [-0.05, 0) is 30.3 Å². The number of sulfonamides is 1. The summed E-state index contributed by atoms with van der Waals surface area (Å²) < 4.78 is 35.8. The van der Waals surface area contributed by atoms with Crippen LogP contribution in [0.25, 0.3) is 0 Å². The molecule has 0 unspecified atom stereocenters. The molecule has 27 heavy (non-hydrogen) atoms. The van der Waals surface area contributed by atoms with Crippen LogP contribution in [0.15, 0.2) is 41.3 Å². The fraction of sp³-hybridized carbons (Fsp3) is 0.176. The number of primary amides is 1. The number of methoxy groups -OCH3 is 1. The molecule has 0 spiro atoms. The van der Waals surface area contributed by atoms with Crippen molar-refractivity contribution in [2.75, 3.05) is 21.2 Å². The molecule has 2 aromatic rings. The number of hydrogen-bond donors (Lipinski definition) is 1. The maximum absolute atomic E-state index is 12.6. The number of halogens is 1. The molecule has 0 atom stereocenters. The van der Waals surface area contributed by atoms with Crippen LogP contribution in [-0.4, -0.2) is 45.8 Å². The summed E-state index contributed by atoms with van der Waals surface area (Å²) in [4.78, 5) is 24.0. The summed E-state index contributed by atoms with van der Waals surface area (Å²) >= 11 is 6.02. The van der Waals surface area contributed by atoms with E-state index in [1.54, 1.807) is 0 Å². The van der Waals surface area contributed by atoms with Gasteiger partial charge in [0.05, 0.1) is 28.2 Å². The fourth-order valence-electron chi connectivity index (χ4n) is 2.10. The maximum Gasteiger partial charge on any atom is 0.345 e. The molecule has 0 heterocycles. The number of nitrogens with two attached hydrogens (primary N) is 1.